The third-order valence-electron chi connectivity index (χ3n) is 1.93. The van der Waals surface area contributed by atoms with E-state index in [0.717, 1.165) is 11.1 Å². The Balaban J connectivity index is 2.50. The molecule has 0 aliphatic carbocycles. The highest BCUT2D eigenvalue weighted by Crippen LogP contribution is 2.22. The normalized spacial score (nSPS) is 12.5. The zero-order valence-electron chi connectivity index (χ0n) is 8.86. The Morgan fingerprint density at radius 1 is 1.33 bits per heavy atom. The fourth-order valence-corrected chi connectivity index (χ4v) is 1.09. The summed E-state index contributed by atoms with van der Waals surface area (Å²) < 4.78 is 0. The zero-order valence-corrected chi connectivity index (χ0v) is 8.86. The van der Waals surface area contributed by atoms with Crippen molar-refractivity contribution in [1.29, 1.82) is 0 Å². The highest BCUT2D eigenvalue weighted by atomic mass is 17.2. The van der Waals surface area contributed by atoms with Gasteiger partial charge in [0.05, 0.1) is 6.61 Å². The summed E-state index contributed by atoms with van der Waals surface area (Å²) in [5, 5.41) is 17.6. The summed E-state index contributed by atoms with van der Waals surface area (Å²) in [4.78, 5) is 9.86. The molecule has 0 saturated carbocycles. The molecule has 1 rings (SSSR count). The molecule has 83 valence electrons. The first kappa shape index (κ1) is 12.0. The van der Waals surface area contributed by atoms with E-state index in [2.05, 4.69) is 6.07 Å². The zero-order chi connectivity index (χ0) is 11.3. The molecule has 0 fully saturated rings. The molecule has 1 atom stereocenters. The standard InChI is InChI=1S/C11H15O4/c1-8-4-3-5-9(2)11(8)15-14-7-10(13)6-12/h4-5,10,12-13H,6-7H2,1-2H3. The molecule has 0 aromatic heterocycles. The van der Waals surface area contributed by atoms with E-state index in [-0.39, 0.29) is 13.2 Å². The first-order valence-corrected chi connectivity index (χ1v) is 4.71. The largest absolute Gasteiger partial charge is 0.394 e. The lowest BCUT2D eigenvalue weighted by Crippen LogP contribution is -2.20. The van der Waals surface area contributed by atoms with Gasteiger partial charge in [-0.3, -0.25) is 0 Å². The quantitative estimate of drug-likeness (QED) is 0.558. The molecule has 2 N–H and O–H groups in total. The van der Waals surface area contributed by atoms with Gasteiger partial charge in [0, 0.05) is 0 Å². The molecule has 1 radical (unpaired) electrons. The van der Waals surface area contributed by atoms with Gasteiger partial charge in [-0.2, -0.15) is 4.89 Å². The fraction of sp³-hybridized carbons (Fsp3) is 0.455. The molecule has 0 heterocycles. The van der Waals surface area contributed by atoms with Crippen LogP contribution < -0.4 is 4.89 Å². The van der Waals surface area contributed by atoms with Crippen LogP contribution in [0.4, 0.5) is 0 Å². The van der Waals surface area contributed by atoms with Gasteiger partial charge >= 0.3 is 0 Å². The van der Waals surface area contributed by atoms with Gasteiger partial charge in [0.1, 0.15) is 12.7 Å². The van der Waals surface area contributed by atoms with Crippen LogP contribution >= 0.6 is 0 Å². The Bertz CT molecular complexity index is 291. The summed E-state index contributed by atoms with van der Waals surface area (Å²) in [6.45, 7) is 3.35. The number of aryl methyl sites for hydroxylation is 2. The Morgan fingerprint density at radius 3 is 2.47 bits per heavy atom. The van der Waals surface area contributed by atoms with Gasteiger partial charge in [-0.25, -0.2) is 0 Å². The van der Waals surface area contributed by atoms with Crippen LogP contribution in [-0.2, 0) is 4.89 Å². The predicted molar refractivity (Wildman–Crippen MR) is 54.4 cm³/mol. The van der Waals surface area contributed by atoms with Crippen molar-refractivity contribution in [3.05, 3.63) is 29.3 Å². The van der Waals surface area contributed by atoms with Gasteiger partial charge < -0.3 is 15.1 Å². The molecule has 1 aromatic carbocycles. The van der Waals surface area contributed by atoms with Crippen molar-refractivity contribution in [2.24, 2.45) is 0 Å². The topological polar surface area (TPSA) is 58.9 Å². The molecule has 0 saturated heterocycles. The smallest absolute Gasteiger partial charge is 0.171 e. The number of benzene rings is 1. The Kier molecular flexibility index (Phi) is 4.55. The second-order valence-electron chi connectivity index (χ2n) is 3.35. The first-order chi connectivity index (χ1) is 7.15. The average Bonchev–Trinajstić information content (AvgIpc) is 2.22. The number of aliphatic hydroxyl groups is 2. The third-order valence-corrected chi connectivity index (χ3v) is 1.93. The molecule has 1 unspecified atom stereocenters. The average molecular weight is 211 g/mol. The minimum Gasteiger partial charge on any atom is -0.394 e. The van der Waals surface area contributed by atoms with Crippen LogP contribution in [0.5, 0.6) is 5.75 Å². The SMILES string of the molecule is Cc1c[c]cc(C)c1OOCC(O)CO. The van der Waals surface area contributed by atoms with Crippen LogP contribution in [0.3, 0.4) is 0 Å². The van der Waals surface area contributed by atoms with E-state index in [0.29, 0.717) is 5.75 Å². The summed E-state index contributed by atoms with van der Waals surface area (Å²) in [5.74, 6) is 0.624. The Morgan fingerprint density at radius 2 is 1.93 bits per heavy atom. The lowest BCUT2D eigenvalue weighted by molar-refractivity contribution is -0.226. The second kappa shape index (κ2) is 5.70. The van der Waals surface area contributed by atoms with Crippen molar-refractivity contribution in [2.45, 2.75) is 20.0 Å². The molecule has 0 spiro atoms. The fourth-order valence-electron chi connectivity index (χ4n) is 1.09. The summed E-state index contributed by atoms with van der Waals surface area (Å²) in [7, 11) is 0. The molecule has 0 aliphatic heterocycles. The van der Waals surface area contributed by atoms with E-state index in [1.165, 1.54) is 0 Å². The molecule has 0 bridgehead atoms. The van der Waals surface area contributed by atoms with Gasteiger partial charge in [0.25, 0.3) is 0 Å². The van der Waals surface area contributed by atoms with Crippen LogP contribution in [0, 0.1) is 19.9 Å². The highest BCUT2D eigenvalue weighted by molar-refractivity contribution is 5.38. The summed E-state index contributed by atoms with van der Waals surface area (Å²) in [5.41, 5.74) is 1.82. The second-order valence-corrected chi connectivity index (χ2v) is 3.35. The van der Waals surface area contributed by atoms with E-state index in [9.17, 15) is 0 Å². The molecule has 0 amide bonds. The molecule has 0 aliphatic rings. The van der Waals surface area contributed by atoms with Gasteiger partial charge in [0.15, 0.2) is 5.75 Å². The number of hydrogen-bond donors (Lipinski definition) is 2. The molecule has 1 aromatic rings. The van der Waals surface area contributed by atoms with Crippen molar-refractivity contribution in [1.82, 2.24) is 0 Å². The maximum Gasteiger partial charge on any atom is 0.171 e. The molecular formula is C11H15O4. The van der Waals surface area contributed by atoms with Crippen LogP contribution in [0.1, 0.15) is 11.1 Å². The van der Waals surface area contributed by atoms with Crippen molar-refractivity contribution in [3.63, 3.8) is 0 Å². The van der Waals surface area contributed by atoms with Crippen molar-refractivity contribution >= 4 is 0 Å². The number of rotatable bonds is 5. The first-order valence-electron chi connectivity index (χ1n) is 4.71. The van der Waals surface area contributed by atoms with Gasteiger partial charge in [-0.1, -0.05) is 0 Å². The summed E-state index contributed by atoms with van der Waals surface area (Å²) in [6, 6.07) is 6.53. The van der Waals surface area contributed by atoms with E-state index in [1.807, 2.05) is 13.8 Å². The van der Waals surface area contributed by atoms with E-state index in [4.69, 9.17) is 20.0 Å². The predicted octanol–water partition coefficient (Wildman–Crippen LogP) is 0.767. The van der Waals surface area contributed by atoms with Crippen LogP contribution in [-0.4, -0.2) is 29.5 Å². The molecular weight excluding hydrogens is 196 g/mol. The lowest BCUT2D eigenvalue weighted by atomic mass is 10.1. The Labute approximate surface area is 89.0 Å². The number of hydrogen-bond acceptors (Lipinski definition) is 4. The maximum absolute atomic E-state index is 9.01. The minimum absolute atomic E-state index is 0.0615. The van der Waals surface area contributed by atoms with Gasteiger partial charge in [-0.15, -0.1) is 0 Å². The summed E-state index contributed by atoms with van der Waals surface area (Å²) in [6.07, 6.45) is -0.916. The van der Waals surface area contributed by atoms with E-state index >= 15 is 0 Å². The van der Waals surface area contributed by atoms with E-state index < -0.39 is 6.10 Å². The van der Waals surface area contributed by atoms with Crippen molar-refractivity contribution in [3.8, 4) is 5.75 Å². The lowest BCUT2D eigenvalue weighted by Gasteiger charge is -2.11. The van der Waals surface area contributed by atoms with Crippen molar-refractivity contribution in [2.75, 3.05) is 13.2 Å². The van der Waals surface area contributed by atoms with Crippen LogP contribution in [0.2, 0.25) is 0 Å². The third kappa shape index (κ3) is 3.51. The molecule has 4 nitrogen and oxygen atoms in total. The summed E-state index contributed by atoms with van der Waals surface area (Å²) >= 11 is 0. The molecule has 15 heavy (non-hydrogen) atoms. The van der Waals surface area contributed by atoms with Crippen LogP contribution in [0.15, 0.2) is 12.1 Å². The van der Waals surface area contributed by atoms with Gasteiger partial charge in [0.2, 0.25) is 0 Å². The van der Waals surface area contributed by atoms with E-state index in [1.54, 1.807) is 12.1 Å². The highest BCUT2D eigenvalue weighted by Gasteiger charge is 2.07. The monoisotopic (exact) mass is 211 g/mol. The molecule has 4 heteroatoms. The van der Waals surface area contributed by atoms with Crippen molar-refractivity contribution < 1.29 is 20.0 Å². The number of aliphatic hydroxyl groups excluding tert-OH is 2. The minimum atomic E-state index is -0.916. The Hall–Kier alpha value is -1.10. The van der Waals surface area contributed by atoms with Crippen LogP contribution in [0.25, 0.3) is 0 Å². The maximum atomic E-state index is 9.01. The van der Waals surface area contributed by atoms with Gasteiger partial charge in [-0.05, 0) is 43.2 Å².